The lowest BCUT2D eigenvalue weighted by Crippen LogP contribution is -2.31. The molecule has 4 rings (SSSR count). The lowest BCUT2D eigenvalue weighted by atomic mass is 10.1. The van der Waals surface area contributed by atoms with E-state index in [0.29, 0.717) is 22.7 Å². The van der Waals surface area contributed by atoms with Gasteiger partial charge >= 0.3 is 0 Å². The molecule has 0 amide bonds. The monoisotopic (exact) mass is 478 g/mol. The summed E-state index contributed by atoms with van der Waals surface area (Å²) >= 11 is 6.20. The van der Waals surface area contributed by atoms with Crippen LogP contribution >= 0.6 is 11.6 Å². The van der Waals surface area contributed by atoms with Crippen molar-refractivity contribution in [3.05, 3.63) is 29.1 Å². The van der Waals surface area contributed by atoms with E-state index in [1.165, 1.54) is 6.33 Å². The zero-order valence-corrected chi connectivity index (χ0v) is 19.4. The van der Waals surface area contributed by atoms with Crippen molar-refractivity contribution in [1.29, 1.82) is 0 Å². The number of rotatable bonds is 10. The average molecular weight is 479 g/mol. The highest BCUT2D eigenvalue weighted by molar-refractivity contribution is 6.28. The molecule has 4 heterocycles. The molecule has 11 nitrogen and oxygen atoms in total. The van der Waals surface area contributed by atoms with Crippen LogP contribution in [-0.4, -0.2) is 54.5 Å². The van der Waals surface area contributed by atoms with E-state index in [-0.39, 0.29) is 17.8 Å². The van der Waals surface area contributed by atoms with E-state index in [4.69, 9.17) is 25.6 Å². The number of ether oxygens (including phenoxy) is 2. The maximum atomic E-state index is 11.1. The first-order valence-electron chi connectivity index (χ1n) is 11.0. The maximum Gasteiger partial charge on any atom is 0.293 e. The van der Waals surface area contributed by atoms with Crippen LogP contribution in [0.4, 0.5) is 5.82 Å². The number of aliphatic hydroxyl groups is 1. The fourth-order valence-corrected chi connectivity index (χ4v) is 4.19. The number of aromatic nitrogens is 5. The fraction of sp³-hybridized carbons (Fsp3) is 0.571. The van der Waals surface area contributed by atoms with Crippen LogP contribution in [0.5, 0.6) is 0 Å². The van der Waals surface area contributed by atoms with Gasteiger partial charge in [0.1, 0.15) is 6.10 Å². The van der Waals surface area contributed by atoms with Crippen LogP contribution in [0.2, 0.25) is 5.28 Å². The van der Waals surface area contributed by atoms with Crippen molar-refractivity contribution in [1.82, 2.24) is 24.7 Å². The number of aliphatic hydroxyl groups excluding tert-OH is 1. The number of aryl methyl sites for hydroxylation is 1. The molecule has 0 spiro atoms. The molecule has 0 bridgehead atoms. The van der Waals surface area contributed by atoms with Crippen molar-refractivity contribution in [2.24, 2.45) is 0 Å². The molecule has 3 aromatic rings. The Kier molecular flexibility index (Phi) is 7.11. The standard InChI is InChI=1S/C21H27ClN6O5/c1-4-7-12-8-13(33-27-12)16-17(31-10-29)15(30)20(32-16)28-9-23-14-18(24-11(5-2)6-3)25-21(22)26-19(14)28/h8-11,15-17,20,30H,4-7H2,1-3H3,(H,24,25,26)/t15-,16-,17+,20-/m1/s1. The molecule has 2 N–H and O–H groups in total. The molecule has 0 saturated carbocycles. The second kappa shape index (κ2) is 10.0. The zero-order valence-electron chi connectivity index (χ0n) is 18.6. The molecule has 12 heteroatoms. The smallest absolute Gasteiger partial charge is 0.293 e. The predicted molar refractivity (Wildman–Crippen MR) is 119 cm³/mol. The molecule has 0 unspecified atom stereocenters. The van der Waals surface area contributed by atoms with Crippen LogP contribution in [-0.2, 0) is 20.7 Å². The van der Waals surface area contributed by atoms with Gasteiger partial charge in [-0.2, -0.15) is 9.97 Å². The average Bonchev–Trinajstić information content (AvgIpc) is 3.51. The van der Waals surface area contributed by atoms with Gasteiger partial charge in [0.2, 0.25) is 5.28 Å². The summed E-state index contributed by atoms with van der Waals surface area (Å²) in [6.45, 7) is 6.46. The van der Waals surface area contributed by atoms with Crippen molar-refractivity contribution in [2.45, 2.75) is 77.0 Å². The van der Waals surface area contributed by atoms with E-state index in [9.17, 15) is 9.90 Å². The first-order valence-corrected chi connectivity index (χ1v) is 11.4. The molecular weight excluding hydrogens is 452 g/mol. The van der Waals surface area contributed by atoms with Gasteiger partial charge in [0.25, 0.3) is 6.47 Å². The molecule has 1 aliphatic heterocycles. The molecule has 178 valence electrons. The van der Waals surface area contributed by atoms with Crippen LogP contribution < -0.4 is 5.32 Å². The Hall–Kier alpha value is -2.76. The minimum Gasteiger partial charge on any atom is -0.458 e. The summed E-state index contributed by atoms with van der Waals surface area (Å²) in [7, 11) is 0. The number of imidazole rings is 1. The number of anilines is 1. The molecule has 33 heavy (non-hydrogen) atoms. The minimum absolute atomic E-state index is 0.0295. The Balaban J connectivity index is 1.69. The number of hydrogen-bond acceptors (Lipinski definition) is 10. The Bertz CT molecular complexity index is 1100. The molecule has 1 aliphatic rings. The van der Waals surface area contributed by atoms with Gasteiger partial charge in [-0.1, -0.05) is 32.3 Å². The number of halogens is 1. The van der Waals surface area contributed by atoms with Crippen molar-refractivity contribution >= 4 is 35.1 Å². The molecule has 3 aromatic heterocycles. The highest BCUT2D eigenvalue weighted by Gasteiger charge is 2.49. The Morgan fingerprint density at radius 2 is 2.12 bits per heavy atom. The normalized spacial score (nSPS) is 22.8. The summed E-state index contributed by atoms with van der Waals surface area (Å²) in [6.07, 6.45) is 0.865. The topological polar surface area (TPSA) is 137 Å². The third-order valence-corrected chi connectivity index (χ3v) is 5.95. The lowest BCUT2D eigenvalue weighted by Gasteiger charge is -2.18. The highest BCUT2D eigenvalue weighted by atomic mass is 35.5. The molecular formula is C21H27ClN6O5. The highest BCUT2D eigenvalue weighted by Crippen LogP contribution is 2.42. The van der Waals surface area contributed by atoms with E-state index in [2.05, 4.69) is 39.3 Å². The largest absolute Gasteiger partial charge is 0.458 e. The lowest BCUT2D eigenvalue weighted by molar-refractivity contribution is -0.140. The molecule has 1 fully saturated rings. The van der Waals surface area contributed by atoms with Gasteiger partial charge in [0.05, 0.1) is 12.0 Å². The van der Waals surface area contributed by atoms with E-state index < -0.39 is 24.5 Å². The third-order valence-electron chi connectivity index (χ3n) is 5.78. The van der Waals surface area contributed by atoms with Gasteiger partial charge in [-0.3, -0.25) is 9.36 Å². The fourth-order valence-electron chi connectivity index (χ4n) is 4.02. The van der Waals surface area contributed by atoms with Gasteiger partial charge in [-0.25, -0.2) is 4.98 Å². The summed E-state index contributed by atoms with van der Waals surface area (Å²) in [5.74, 6) is 0.863. The molecule has 0 aromatic carbocycles. The van der Waals surface area contributed by atoms with E-state index in [0.717, 1.165) is 31.4 Å². The van der Waals surface area contributed by atoms with Crippen LogP contribution in [0.25, 0.3) is 11.2 Å². The van der Waals surface area contributed by atoms with Crippen molar-refractivity contribution in [2.75, 3.05) is 5.32 Å². The number of fused-ring (bicyclic) bond motifs is 1. The summed E-state index contributed by atoms with van der Waals surface area (Å²) in [4.78, 5) is 24.2. The van der Waals surface area contributed by atoms with E-state index in [1.54, 1.807) is 10.6 Å². The van der Waals surface area contributed by atoms with Gasteiger partial charge in [0, 0.05) is 12.1 Å². The third kappa shape index (κ3) is 4.53. The van der Waals surface area contributed by atoms with Crippen LogP contribution in [0.3, 0.4) is 0 Å². The maximum absolute atomic E-state index is 11.1. The van der Waals surface area contributed by atoms with Crippen LogP contribution in [0.15, 0.2) is 16.9 Å². The molecule has 4 atom stereocenters. The second-order valence-electron chi connectivity index (χ2n) is 7.93. The summed E-state index contributed by atoms with van der Waals surface area (Å²) < 4.78 is 18.3. The summed E-state index contributed by atoms with van der Waals surface area (Å²) in [5.41, 5.74) is 1.62. The molecule has 1 saturated heterocycles. The van der Waals surface area contributed by atoms with Crippen molar-refractivity contribution in [3.8, 4) is 0 Å². The number of nitrogens with one attached hydrogen (secondary N) is 1. The zero-order chi connectivity index (χ0) is 23.5. The Morgan fingerprint density at radius 1 is 1.33 bits per heavy atom. The summed E-state index contributed by atoms with van der Waals surface area (Å²) in [5, 5.41) is 18.4. The minimum atomic E-state index is -1.22. The van der Waals surface area contributed by atoms with Crippen LogP contribution in [0, 0.1) is 0 Å². The Morgan fingerprint density at radius 3 is 2.82 bits per heavy atom. The summed E-state index contributed by atoms with van der Waals surface area (Å²) in [6, 6.07) is 1.93. The molecule has 0 radical (unpaired) electrons. The van der Waals surface area contributed by atoms with Gasteiger partial charge < -0.3 is 24.4 Å². The van der Waals surface area contributed by atoms with Gasteiger partial charge in [0.15, 0.2) is 41.2 Å². The molecule has 0 aliphatic carbocycles. The van der Waals surface area contributed by atoms with Gasteiger partial charge in [-0.05, 0) is 30.9 Å². The number of hydrogen-bond donors (Lipinski definition) is 2. The number of nitrogens with zero attached hydrogens (tertiary/aromatic N) is 5. The number of carbonyl (C=O) groups is 1. The quantitative estimate of drug-likeness (QED) is 0.330. The van der Waals surface area contributed by atoms with E-state index in [1.807, 2.05) is 6.92 Å². The Labute approximate surface area is 195 Å². The SMILES string of the molecule is CCCc1cc([C@H]2O[C@@H](n3cnc4c(NC(CC)CC)nc(Cl)nc43)[C@H](O)[C@@H]2OC=O)on1. The number of carbonyl (C=O) groups excluding carboxylic acids is 1. The second-order valence-corrected chi connectivity index (χ2v) is 8.27. The van der Waals surface area contributed by atoms with Gasteiger partial charge in [-0.15, -0.1) is 0 Å². The van der Waals surface area contributed by atoms with Crippen LogP contribution in [0.1, 0.15) is 63.8 Å². The van der Waals surface area contributed by atoms with E-state index >= 15 is 0 Å². The van der Waals surface area contributed by atoms with Crippen molar-refractivity contribution in [3.63, 3.8) is 0 Å². The van der Waals surface area contributed by atoms with Crippen molar-refractivity contribution < 1.29 is 23.9 Å². The predicted octanol–water partition coefficient (Wildman–Crippen LogP) is 3.19. The first kappa shape index (κ1) is 23.4. The first-order chi connectivity index (χ1) is 16.0.